The van der Waals surface area contributed by atoms with Gasteiger partial charge in [0, 0.05) is 4.87 Å². The van der Waals surface area contributed by atoms with Crippen molar-refractivity contribution in [2.75, 3.05) is 0 Å². The SMILES string of the molecule is CCC(C)CC(C)(Cl)C(C)CC. The lowest BCUT2D eigenvalue weighted by molar-refractivity contribution is 0.332. The third-order valence-electron chi connectivity index (χ3n) is 3.08. The van der Waals surface area contributed by atoms with Crippen LogP contribution in [0.2, 0.25) is 0 Å². The molecule has 0 heterocycles. The van der Waals surface area contributed by atoms with E-state index < -0.39 is 0 Å². The highest BCUT2D eigenvalue weighted by Crippen LogP contribution is 2.34. The Hall–Kier alpha value is 0.290. The molecule has 0 aliphatic carbocycles. The van der Waals surface area contributed by atoms with Crippen molar-refractivity contribution < 1.29 is 0 Å². The molecule has 12 heavy (non-hydrogen) atoms. The highest BCUT2D eigenvalue weighted by Gasteiger charge is 2.28. The summed E-state index contributed by atoms with van der Waals surface area (Å²) in [6.07, 6.45) is 3.55. The molecule has 0 aliphatic rings. The minimum atomic E-state index is 0.00414. The van der Waals surface area contributed by atoms with Crippen LogP contribution in [0.15, 0.2) is 0 Å². The van der Waals surface area contributed by atoms with Crippen molar-refractivity contribution >= 4 is 11.6 Å². The fourth-order valence-corrected chi connectivity index (χ4v) is 1.87. The average Bonchev–Trinajstić information content (AvgIpc) is 2.02. The summed E-state index contributed by atoms with van der Waals surface area (Å²) in [5.74, 6) is 1.37. The molecule has 0 aromatic rings. The molecule has 3 atom stereocenters. The monoisotopic (exact) mass is 190 g/mol. The Balaban J connectivity index is 4.02. The van der Waals surface area contributed by atoms with Gasteiger partial charge in [-0.25, -0.2) is 0 Å². The van der Waals surface area contributed by atoms with E-state index >= 15 is 0 Å². The summed E-state index contributed by atoms with van der Waals surface area (Å²) in [4.78, 5) is 0.00414. The van der Waals surface area contributed by atoms with Gasteiger partial charge in [-0.2, -0.15) is 0 Å². The lowest BCUT2D eigenvalue weighted by Gasteiger charge is -2.31. The molecule has 0 fully saturated rings. The first kappa shape index (κ1) is 12.3. The summed E-state index contributed by atoms with van der Waals surface area (Å²) < 4.78 is 0. The van der Waals surface area contributed by atoms with E-state index in [1.165, 1.54) is 12.8 Å². The molecule has 0 amide bonds. The Morgan fingerprint density at radius 3 is 2.00 bits per heavy atom. The fraction of sp³-hybridized carbons (Fsp3) is 1.00. The number of halogens is 1. The van der Waals surface area contributed by atoms with E-state index in [1.807, 2.05) is 0 Å². The van der Waals surface area contributed by atoms with Gasteiger partial charge in [0.25, 0.3) is 0 Å². The second-order valence-electron chi connectivity index (χ2n) is 4.30. The van der Waals surface area contributed by atoms with Crippen LogP contribution in [-0.4, -0.2) is 4.87 Å². The molecule has 0 aliphatic heterocycles. The van der Waals surface area contributed by atoms with Crippen molar-refractivity contribution in [1.82, 2.24) is 0 Å². The second-order valence-corrected chi connectivity index (χ2v) is 5.17. The van der Waals surface area contributed by atoms with Gasteiger partial charge in [-0.05, 0) is 25.2 Å². The molecular formula is C11H23Cl. The Labute approximate surface area is 82.7 Å². The van der Waals surface area contributed by atoms with Crippen LogP contribution in [0, 0.1) is 11.8 Å². The molecule has 3 unspecified atom stereocenters. The maximum absolute atomic E-state index is 6.46. The van der Waals surface area contributed by atoms with Crippen molar-refractivity contribution in [3.05, 3.63) is 0 Å². The number of hydrogen-bond donors (Lipinski definition) is 0. The van der Waals surface area contributed by atoms with E-state index in [0.717, 1.165) is 12.3 Å². The molecule has 0 nitrogen and oxygen atoms in total. The predicted molar refractivity (Wildman–Crippen MR) is 57.8 cm³/mol. The first-order valence-corrected chi connectivity index (χ1v) is 5.50. The first-order valence-electron chi connectivity index (χ1n) is 5.12. The smallest absolute Gasteiger partial charge is 0.0446 e. The normalized spacial score (nSPS) is 21.5. The Morgan fingerprint density at radius 1 is 1.17 bits per heavy atom. The predicted octanol–water partition coefficient (Wildman–Crippen LogP) is 4.47. The molecule has 0 rings (SSSR count). The summed E-state index contributed by atoms with van der Waals surface area (Å²) >= 11 is 6.46. The van der Waals surface area contributed by atoms with E-state index in [-0.39, 0.29) is 4.87 Å². The van der Waals surface area contributed by atoms with Crippen LogP contribution in [-0.2, 0) is 0 Å². The van der Waals surface area contributed by atoms with Crippen LogP contribution >= 0.6 is 11.6 Å². The van der Waals surface area contributed by atoms with Gasteiger partial charge in [0.1, 0.15) is 0 Å². The Morgan fingerprint density at radius 2 is 1.67 bits per heavy atom. The van der Waals surface area contributed by atoms with Gasteiger partial charge >= 0.3 is 0 Å². The van der Waals surface area contributed by atoms with E-state index in [1.54, 1.807) is 0 Å². The van der Waals surface area contributed by atoms with Gasteiger partial charge in [0.05, 0.1) is 0 Å². The molecule has 0 spiro atoms. The van der Waals surface area contributed by atoms with E-state index in [9.17, 15) is 0 Å². The van der Waals surface area contributed by atoms with Gasteiger partial charge in [0.15, 0.2) is 0 Å². The van der Waals surface area contributed by atoms with Crippen LogP contribution in [0.5, 0.6) is 0 Å². The molecule has 74 valence electrons. The number of rotatable bonds is 5. The van der Waals surface area contributed by atoms with E-state index in [2.05, 4.69) is 34.6 Å². The zero-order chi connectivity index (χ0) is 9.78. The Bertz CT molecular complexity index is 118. The van der Waals surface area contributed by atoms with Gasteiger partial charge in [-0.3, -0.25) is 0 Å². The molecule has 0 aromatic heterocycles. The third kappa shape index (κ3) is 3.80. The molecule has 0 saturated carbocycles. The standard InChI is InChI=1S/C11H23Cl/c1-6-9(3)8-11(5,12)10(4)7-2/h9-10H,6-8H2,1-5H3. The van der Waals surface area contributed by atoms with Crippen molar-refractivity contribution in [2.45, 2.75) is 58.8 Å². The summed E-state index contributed by atoms with van der Waals surface area (Å²) in [7, 11) is 0. The van der Waals surface area contributed by atoms with Crippen molar-refractivity contribution in [2.24, 2.45) is 11.8 Å². The maximum Gasteiger partial charge on any atom is 0.0446 e. The molecule has 0 radical (unpaired) electrons. The summed E-state index contributed by atoms with van der Waals surface area (Å²) in [6.45, 7) is 11.1. The molecule has 0 bridgehead atoms. The second kappa shape index (κ2) is 5.11. The lowest BCUT2D eigenvalue weighted by Crippen LogP contribution is -2.28. The van der Waals surface area contributed by atoms with Crippen LogP contribution in [0.4, 0.5) is 0 Å². The van der Waals surface area contributed by atoms with Gasteiger partial charge in [-0.1, -0.05) is 40.5 Å². The minimum Gasteiger partial charge on any atom is -0.119 e. The third-order valence-corrected chi connectivity index (χ3v) is 3.61. The average molecular weight is 191 g/mol. The van der Waals surface area contributed by atoms with Crippen LogP contribution < -0.4 is 0 Å². The molecule has 0 N–H and O–H groups in total. The molecule has 0 saturated heterocycles. The van der Waals surface area contributed by atoms with Crippen LogP contribution in [0.3, 0.4) is 0 Å². The van der Waals surface area contributed by atoms with Gasteiger partial charge in [-0.15, -0.1) is 11.6 Å². The topological polar surface area (TPSA) is 0 Å². The van der Waals surface area contributed by atoms with Crippen molar-refractivity contribution in [1.29, 1.82) is 0 Å². The molecule has 1 heteroatoms. The quantitative estimate of drug-likeness (QED) is 0.562. The molecular weight excluding hydrogens is 168 g/mol. The highest BCUT2D eigenvalue weighted by molar-refractivity contribution is 6.23. The fourth-order valence-electron chi connectivity index (χ4n) is 1.45. The summed E-state index contributed by atoms with van der Waals surface area (Å²) in [5.41, 5.74) is 0. The van der Waals surface area contributed by atoms with Crippen molar-refractivity contribution in [3.8, 4) is 0 Å². The van der Waals surface area contributed by atoms with E-state index in [4.69, 9.17) is 11.6 Å². The Kier molecular flexibility index (Phi) is 5.24. The maximum atomic E-state index is 6.46. The van der Waals surface area contributed by atoms with Crippen LogP contribution in [0.1, 0.15) is 53.9 Å². The largest absolute Gasteiger partial charge is 0.119 e. The lowest BCUT2D eigenvalue weighted by atomic mass is 9.84. The molecule has 0 aromatic carbocycles. The summed E-state index contributed by atoms with van der Waals surface area (Å²) in [6, 6.07) is 0. The highest BCUT2D eigenvalue weighted by atomic mass is 35.5. The zero-order valence-corrected chi connectivity index (χ0v) is 9.91. The first-order chi connectivity index (χ1) is 5.44. The summed E-state index contributed by atoms with van der Waals surface area (Å²) in [5, 5.41) is 0. The zero-order valence-electron chi connectivity index (χ0n) is 9.15. The van der Waals surface area contributed by atoms with Gasteiger partial charge < -0.3 is 0 Å². The minimum absolute atomic E-state index is 0.00414. The number of alkyl halides is 1. The van der Waals surface area contributed by atoms with Gasteiger partial charge in [0.2, 0.25) is 0 Å². The van der Waals surface area contributed by atoms with Crippen LogP contribution in [0.25, 0.3) is 0 Å². The van der Waals surface area contributed by atoms with Crippen molar-refractivity contribution in [3.63, 3.8) is 0 Å². The van der Waals surface area contributed by atoms with E-state index in [0.29, 0.717) is 5.92 Å². The number of hydrogen-bond acceptors (Lipinski definition) is 0.